The predicted octanol–water partition coefficient (Wildman–Crippen LogP) is 4.52. The van der Waals surface area contributed by atoms with Crippen molar-refractivity contribution in [1.82, 2.24) is 0 Å². The molecule has 0 aliphatic rings. The summed E-state index contributed by atoms with van der Waals surface area (Å²) >= 11 is 17.0. The van der Waals surface area contributed by atoms with Gasteiger partial charge in [-0.15, -0.1) is 0 Å². The predicted molar refractivity (Wildman–Crippen MR) is 87.9 cm³/mol. The van der Waals surface area contributed by atoms with Crippen LogP contribution in [-0.4, -0.2) is 4.99 Å². The van der Waals surface area contributed by atoms with Crippen LogP contribution >= 0.6 is 35.4 Å². The lowest BCUT2D eigenvalue weighted by molar-refractivity contribution is 0.304. The molecular weight excluding hydrogens is 313 g/mol. The Kier molecular flexibility index (Phi) is 4.86. The molecule has 0 aliphatic heterocycles. The first-order chi connectivity index (χ1) is 9.47. The molecule has 0 radical (unpaired) electrons. The van der Waals surface area contributed by atoms with E-state index in [-0.39, 0.29) is 0 Å². The normalized spacial score (nSPS) is 10.3. The average Bonchev–Trinajstić information content (AvgIpc) is 2.41. The van der Waals surface area contributed by atoms with Crippen molar-refractivity contribution in [3.05, 3.63) is 63.1 Å². The molecule has 0 fully saturated rings. The van der Waals surface area contributed by atoms with Crippen LogP contribution in [0.5, 0.6) is 5.75 Å². The van der Waals surface area contributed by atoms with Gasteiger partial charge >= 0.3 is 0 Å². The lowest BCUT2D eigenvalue weighted by Gasteiger charge is -2.12. The number of aryl methyl sites for hydroxylation is 1. The monoisotopic (exact) mass is 325 g/mol. The highest BCUT2D eigenvalue weighted by molar-refractivity contribution is 7.80. The molecule has 0 saturated heterocycles. The summed E-state index contributed by atoms with van der Waals surface area (Å²) in [6, 6.07) is 10.9. The van der Waals surface area contributed by atoms with E-state index < -0.39 is 0 Å². The van der Waals surface area contributed by atoms with Gasteiger partial charge in [0.05, 0.1) is 0 Å². The fourth-order valence-corrected chi connectivity index (χ4v) is 2.21. The van der Waals surface area contributed by atoms with Gasteiger partial charge < -0.3 is 10.5 Å². The van der Waals surface area contributed by atoms with Crippen LogP contribution in [0.15, 0.2) is 36.4 Å². The summed E-state index contributed by atoms with van der Waals surface area (Å²) in [5.41, 5.74) is 8.23. The summed E-state index contributed by atoms with van der Waals surface area (Å²) in [5, 5.41) is 1.25. The summed E-state index contributed by atoms with van der Waals surface area (Å²) in [5.74, 6) is 0.728. The van der Waals surface area contributed by atoms with Crippen molar-refractivity contribution >= 4 is 40.4 Å². The van der Waals surface area contributed by atoms with E-state index >= 15 is 0 Å². The first-order valence-electron chi connectivity index (χ1n) is 5.94. The summed E-state index contributed by atoms with van der Waals surface area (Å²) in [6.45, 7) is 2.29. The molecule has 104 valence electrons. The van der Waals surface area contributed by atoms with Gasteiger partial charge in [-0.3, -0.25) is 0 Å². The molecule has 2 nitrogen and oxygen atoms in total. The van der Waals surface area contributed by atoms with Crippen LogP contribution < -0.4 is 10.5 Å². The number of hydrogen-bond donors (Lipinski definition) is 1. The van der Waals surface area contributed by atoms with E-state index in [0.29, 0.717) is 21.6 Å². The van der Waals surface area contributed by atoms with Crippen LogP contribution in [0.1, 0.15) is 16.7 Å². The Morgan fingerprint density at radius 3 is 2.65 bits per heavy atom. The second-order valence-electron chi connectivity index (χ2n) is 4.37. The first kappa shape index (κ1) is 15.1. The van der Waals surface area contributed by atoms with Gasteiger partial charge in [-0.2, -0.15) is 0 Å². The van der Waals surface area contributed by atoms with Gasteiger partial charge in [-0.05, 0) is 36.8 Å². The van der Waals surface area contributed by atoms with Crippen molar-refractivity contribution in [3.63, 3.8) is 0 Å². The standard InChI is InChI=1S/C15H13Cl2NOS/c1-9-2-3-10(15(18)20)7-14(9)19-8-11-6-12(16)4-5-13(11)17/h2-7H,8H2,1H3,(H2,18,20). The van der Waals surface area contributed by atoms with E-state index in [1.54, 1.807) is 18.2 Å². The van der Waals surface area contributed by atoms with E-state index in [1.807, 2.05) is 25.1 Å². The van der Waals surface area contributed by atoms with E-state index in [0.717, 1.165) is 22.4 Å². The summed E-state index contributed by atoms with van der Waals surface area (Å²) < 4.78 is 5.79. The lowest BCUT2D eigenvalue weighted by atomic mass is 10.1. The Balaban J connectivity index is 2.20. The SMILES string of the molecule is Cc1ccc(C(N)=S)cc1OCc1cc(Cl)ccc1Cl. The molecule has 0 spiro atoms. The fraction of sp³-hybridized carbons (Fsp3) is 0.133. The van der Waals surface area contributed by atoms with Gasteiger partial charge in [-0.25, -0.2) is 0 Å². The molecule has 2 rings (SSSR count). The van der Waals surface area contributed by atoms with Gasteiger partial charge in [0.1, 0.15) is 17.3 Å². The van der Waals surface area contributed by atoms with E-state index in [2.05, 4.69) is 0 Å². The Morgan fingerprint density at radius 1 is 1.20 bits per heavy atom. The third kappa shape index (κ3) is 3.63. The zero-order chi connectivity index (χ0) is 14.7. The molecule has 0 heterocycles. The maximum Gasteiger partial charge on any atom is 0.123 e. The highest BCUT2D eigenvalue weighted by Gasteiger charge is 2.06. The number of thiocarbonyl (C=S) groups is 1. The van der Waals surface area contributed by atoms with Crippen molar-refractivity contribution < 1.29 is 4.74 Å². The van der Waals surface area contributed by atoms with Crippen LogP contribution in [-0.2, 0) is 6.61 Å². The summed E-state index contributed by atoms with van der Waals surface area (Å²) in [6.07, 6.45) is 0. The zero-order valence-electron chi connectivity index (χ0n) is 10.8. The Morgan fingerprint density at radius 2 is 1.95 bits per heavy atom. The number of benzene rings is 2. The second kappa shape index (κ2) is 6.44. The molecule has 2 aromatic rings. The molecule has 0 unspecified atom stereocenters. The smallest absolute Gasteiger partial charge is 0.123 e. The number of nitrogens with two attached hydrogens (primary N) is 1. The second-order valence-corrected chi connectivity index (χ2v) is 5.65. The lowest BCUT2D eigenvalue weighted by Crippen LogP contribution is -2.09. The molecule has 0 amide bonds. The molecule has 2 aromatic carbocycles. The third-order valence-electron chi connectivity index (χ3n) is 2.86. The van der Waals surface area contributed by atoms with E-state index in [9.17, 15) is 0 Å². The Hall–Kier alpha value is -1.29. The van der Waals surface area contributed by atoms with Crippen LogP contribution in [0.3, 0.4) is 0 Å². The molecule has 0 aliphatic carbocycles. The van der Waals surface area contributed by atoms with Gasteiger partial charge in [-0.1, -0.05) is 47.6 Å². The molecule has 0 bridgehead atoms. The summed E-state index contributed by atoms with van der Waals surface area (Å²) in [4.78, 5) is 0.343. The maximum atomic E-state index is 6.10. The van der Waals surface area contributed by atoms with Crippen LogP contribution in [0, 0.1) is 6.92 Å². The zero-order valence-corrected chi connectivity index (χ0v) is 13.1. The maximum absolute atomic E-state index is 6.10. The average molecular weight is 326 g/mol. The van der Waals surface area contributed by atoms with Crippen molar-refractivity contribution in [1.29, 1.82) is 0 Å². The van der Waals surface area contributed by atoms with Gasteiger partial charge in [0.2, 0.25) is 0 Å². The molecule has 0 atom stereocenters. The minimum atomic E-state index is 0.334. The Labute approximate surface area is 133 Å². The minimum Gasteiger partial charge on any atom is -0.489 e. The van der Waals surface area contributed by atoms with E-state index in [4.69, 9.17) is 45.9 Å². The van der Waals surface area contributed by atoms with E-state index in [1.165, 1.54) is 0 Å². The quantitative estimate of drug-likeness (QED) is 0.839. The fourth-order valence-electron chi connectivity index (χ4n) is 1.72. The first-order valence-corrected chi connectivity index (χ1v) is 7.11. The Bertz CT molecular complexity index is 658. The van der Waals surface area contributed by atoms with Crippen LogP contribution in [0.25, 0.3) is 0 Å². The number of ether oxygens (including phenoxy) is 1. The molecule has 5 heteroatoms. The highest BCUT2D eigenvalue weighted by atomic mass is 35.5. The van der Waals surface area contributed by atoms with Gasteiger partial charge in [0.15, 0.2) is 0 Å². The van der Waals surface area contributed by atoms with Crippen molar-refractivity contribution in [2.24, 2.45) is 5.73 Å². The molecule has 20 heavy (non-hydrogen) atoms. The summed E-state index contributed by atoms with van der Waals surface area (Å²) in [7, 11) is 0. The molecular formula is C15H13Cl2NOS. The largest absolute Gasteiger partial charge is 0.489 e. The van der Waals surface area contributed by atoms with Crippen molar-refractivity contribution in [2.45, 2.75) is 13.5 Å². The molecule has 0 saturated carbocycles. The van der Waals surface area contributed by atoms with Crippen molar-refractivity contribution in [2.75, 3.05) is 0 Å². The molecule has 0 aromatic heterocycles. The van der Waals surface area contributed by atoms with Crippen LogP contribution in [0.2, 0.25) is 10.0 Å². The van der Waals surface area contributed by atoms with Crippen molar-refractivity contribution in [3.8, 4) is 5.75 Å². The van der Waals surface area contributed by atoms with Gasteiger partial charge in [0, 0.05) is 21.2 Å². The number of rotatable bonds is 4. The number of halogens is 2. The highest BCUT2D eigenvalue weighted by Crippen LogP contribution is 2.25. The third-order valence-corrected chi connectivity index (χ3v) is 3.70. The topological polar surface area (TPSA) is 35.2 Å². The number of hydrogen-bond acceptors (Lipinski definition) is 2. The minimum absolute atomic E-state index is 0.334. The van der Waals surface area contributed by atoms with Crippen LogP contribution in [0.4, 0.5) is 0 Å². The van der Waals surface area contributed by atoms with Gasteiger partial charge in [0.25, 0.3) is 0 Å². The molecule has 2 N–H and O–H groups in total.